The van der Waals surface area contributed by atoms with E-state index in [9.17, 15) is 9.59 Å². The maximum Gasteiger partial charge on any atom is 0.321 e. The van der Waals surface area contributed by atoms with Crippen molar-refractivity contribution in [2.45, 2.75) is 63.1 Å². The minimum absolute atomic E-state index is 0.0803. The van der Waals surface area contributed by atoms with Gasteiger partial charge in [0.05, 0.1) is 11.4 Å². The molecule has 0 unspecified atom stereocenters. The van der Waals surface area contributed by atoms with Crippen molar-refractivity contribution >= 4 is 23.7 Å². The minimum atomic E-state index is -0.354. The summed E-state index contributed by atoms with van der Waals surface area (Å²) in [6.07, 6.45) is 7.20. The van der Waals surface area contributed by atoms with E-state index in [4.69, 9.17) is 4.42 Å². The summed E-state index contributed by atoms with van der Waals surface area (Å²) in [7, 11) is 0. The molecule has 4 aliphatic rings. The number of nitrogens with one attached hydrogen (secondary N) is 2. The molecular formula is C18H25N3O3S. The molecule has 0 aliphatic heterocycles. The Hall–Kier alpha value is -1.50. The molecule has 1 aromatic heterocycles. The van der Waals surface area contributed by atoms with Gasteiger partial charge in [0.15, 0.2) is 0 Å². The van der Waals surface area contributed by atoms with Gasteiger partial charge in [-0.25, -0.2) is 9.78 Å². The largest absolute Gasteiger partial charge is 0.437 e. The molecule has 136 valence electrons. The molecule has 4 bridgehead atoms. The van der Waals surface area contributed by atoms with Crippen LogP contribution in [0.4, 0.5) is 4.79 Å². The Kier molecular flexibility index (Phi) is 4.30. The number of aryl methyl sites for hydroxylation is 2. The molecule has 25 heavy (non-hydrogen) atoms. The fourth-order valence-electron chi connectivity index (χ4n) is 5.33. The Balaban J connectivity index is 1.28. The first-order chi connectivity index (χ1) is 11.9. The Bertz CT molecular complexity index is 645. The van der Waals surface area contributed by atoms with Crippen molar-refractivity contribution in [3.63, 3.8) is 0 Å². The van der Waals surface area contributed by atoms with E-state index in [-0.39, 0.29) is 23.2 Å². The molecule has 5 rings (SSSR count). The van der Waals surface area contributed by atoms with E-state index in [1.165, 1.54) is 31.0 Å². The Labute approximate surface area is 151 Å². The molecule has 3 amide bonds. The molecule has 1 heterocycles. The van der Waals surface area contributed by atoms with Gasteiger partial charge in [0.1, 0.15) is 5.76 Å². The molecular weight excluding hydrogens is 338 g/mol. The summed E-state index contributed by atoms with van der Waals surface area (Å²) >= 11 is 1.21. The molecule has 1 aromatic rings. The van der Waals surface area contributed by atoms with Gasteiger partial charge in [-0.3, -0.25) is 10.1 Å². The molecule has 0 saturated heterocycles. The van der Waals surface area contributed by atoms with Gasteiger partial charge < -0.3 is 9.73 Å². The standard InChI is InChI=1S/C18H25N3O3S/c1-10-11(2)24-17(19-10)25-9-15(22)20-16(23)21-18-6-12-3-13(7-18)5-14(4-12)8-18/h12-14H,3-9H2,1-2H3,(H2,20,21,22,23). The lowest BCUT2D eigenvalue weighted by molar-refractivity contribution is -0.117. The number of hydrogen-bond donors (Lipinski definition) is 2. The van der Waals surface area contributed by atoms with Crippen LogP contribution in [0.5, 0.6) is 0 Å². The van der Waals surface area contributed by atoms with Crippen molar-refractivity contribution in [2.24, 2.45) is 17.8 Å². The van der Waals surface area contributed by atoms with Gasteiger partial charge in [0.2, 0.25) is 5.91 Å². The van der Waals surface area contributed by atoms with Gasteiger partial charge in [-0.15, -0.1) is 0 Å². The average Bonchev–Trinajstić information content (AvgIpc) is 2.81. The van der Waals surface area contributed by atoms with Crippen molar-refractivity contribution in [1.82, 2.24) is 15.6 Å². The Morgan fingerprint density at radius 2 is 1.76 bits per heavy atom. The van der Waals surface area contributed by atoms with Crippen LogP contribution in [0, 0.1) is 31.6 Å². The van der Waals surface area contributed by atoms with Crippen LogP contribution in [0.15, 0.2) is 9.64 Å². The molecule has 0 radical (unpaired) electrons. The highest BCUT2D eigenvalue weighted by Crippen LogP contribution is 2.55. The van der Waals surface area contributed by atoms with E-state index in [1.54, 1.807) is 0 Å². The Morgan fingerprint density at radius 1 is 1.16 bits per heavy atom. The second kappa shape index (κ2) is 6.34. The molecule has 4 aliphatic carbocycles. The van der Waals surface area contributed by atoms with Gasteiger partial charge >= 0.3 is 6.03 Å². The number of carbonyl (C=O) groups is 2. The molecule has 4 fully saturated rings. The van der Waals surface area contributed by atoms with Crippen molar-refractivity contribution in [2.75, 3.05) is 5.75 Å². The first-order valence-corrected chi connectivity index (χ1v) is 10.1. The second-order valence-electron chi connectivity index (χ2n) is 8.11. The smallest absolute Gasteiger partial charge is 0.321 e. The number of aromatic nitrogens is 1. The quantitative estimate of drug-likeness (QED) is 0.803. The van der Waals surface area contributed by atoms with Crippen LogP contribution in [0.25, 0.3) is 0 Å². The van der Waals surface area contributed by atoms with E-state index < -0.39 is 0 Å². The van der Waals surface area contributed by atoms with E-state index in [1.807, 2.05) is 13.8 Å². The third-order valence-corrected chi connectivity index (χ3v) is 6.83. The number of urea groups is 1. The number of nitrogens with zero attached hydrogens (tertiary/aromatic N) is 1. The highest BCUT2D eigenvalue weighted by molar-refractivity contribution is 7.99. The summed E-state index contributed by atoms with van der Waals surface area (Å²) in [5.41, 5.74) is 0.741. The molecule has 6 nitrogen and oxygen atoms in total. The summed E-state index contributed by atoms with van der Waals surface area (Å²) in [5, 5.41) is 6.08. The number of carbonyl (C=O) groups excluding carboxylic acids is 2. The monoisotopic (exact) mass is 363 g/mol. The number of hydrogen-bond acceptors (Lipinski definition) is 5. The SMILES string of the molecule is Cc1nc(SCC(=O)NC(=O)NC23CC4CC(CC(C4)C2)C3)oc1C. The van der Waals surface area contributed by atoms with E-state index in [0.29, 0.717) is 5.22 Å². The van der Waals surface area contributed by atoms with Gasteiger partial charge in [0, 0.05) is 5.54 Å². The van der Waals surface area contributed by atoms with E-state index in [0.717, 1.165) is 48.5 Å². The first-order valence-electron chi connectivity index (χ1n) is 9.09. The van der Waals surface area contributed by atoms with Crippen molar-refractivity contribution in [1.29, 1.82) is 0 Å². The van der Waals surface area contributed by atoms with Gasteiger partial charge in [-0.2, -0.15) is 0 Å². The summed E-state index contributed by atoms with van der Waals surface area (Å²) in [6, 6.07) is -0.354. The first kappa shape index (κ1) is 16.9. The highest BCUT2D eigenvalue weighted by Gasteiger charge is 2.51. The zero-order valence-electron chi connectivity index (χ0n) is 14.8. The topological polar surface area (TPSA) is 84.2 Å². The third-order valence-electron chi connectivity index (χ3n) is 6.01. The zero-order chi connectivity index (χ0) is 17.6. The lowest BCUT2D eigenvalue weighted by Gasteiger charge is -2.56. The fraction of sp³-hybridized carbons (Fsp3) is 0.722. The Morgan fingerprint density at radius 3 is 2.28 bits per heavy atom. The number of amides is 3. The normalized spacial score (nSPS) is 32.6. The van der Waals surface area contributed by atoms with Crippen LogP contribution in [-0.4, -0.2) is 28.2 Å². The number of oxazole rings is 1. The van der Waals surface area contributed by atoms with E-state index >= 15 is 0 Å². The maximum absolute atomic E-state index is 12.3. The predicted molar refractivity (Wildman–Crippen MR) is 94.3 cm³/mol. The molecule has 0 aromatic carbocycles. The average molecular weight is 363 g/mol. The van der Waals surface area contributed by atoms with Crippen LogP contribution in [-0.2, 0) is 4.79 Å². The van der Waals surface area contributed by atoms with Crippen molar-refractivity contribution < 1.29 is 14.0 Å². The second-order valence-corrected chi connectivity index (χ2v) is 9.04. The lowest BCUT2D eigenvalue weighted by atomic mass is 9.53. The minimum Gasteiger partial charge on any atom is -0.437 e. The van der Waals surface area contributed by atoms with Crippen LogP contribution >= 0.6 is 11.8 Å². The summed E-state index contributed by atoms with van der Waals surface area (Å²) < 4.78 is 5.43. The van der Waals surface area contributed by atoms with Crippen molar-refractivity contribution in [3.05, 3.63) is 11.5 Å². The van der Waals surface area contributed by atoms with Crippen LogP contribution in [0.2, 0.25) is 0 Å². The fourth-order valence-corrected chi connectivity index (χ4v) is 6.04. The van der Waals surface area contributed by atoms with Crippen LogP contribution < -0.4 is 10.6 Å². The summed E-state index contributed by atoms with van der Waals surface area (Å²) in [5.74, 6) is 2.83. The molecule has 0 spiro atoms. The van der Waals surface area contributed by atoms with Gasteiger partial charge in [-0.1, -0.05) is 11.8 Å². The van der Waals surface area contributed by atoms with Crippen molar-refractivity contribution in [3.8, 4) is 0 Å². The zero-order valence-corrected chi connectivity index (χ0v) is 15.6. The van der Waals surface area contributed by atoms with E-state index in [2.05, 4.69) is 15.6 Å². The number of imide groups is 1. The van der Waals surface area contributed by atoms with Crippen LogP contribution in [0.1, 0.15) is 50.0 Å². The molecule has 4 saturated carbocycles. The third kappa shape index (κ3) is 3.57. The molecule has 7 heteroatoms. The number of rotatable bonds is 4. The molecule has 0 atom stereocenters. The van der Waals surface area contributed by atoms with Crippen LogP contribution in [0.3, 0.4) is 0 Å². The number of thioether (sulfide) groups is 1. The highest BCUT2D eigenvalue weighted by atomic mass is 32.2. The van der Waals surface area contributed by atoms with Gasteiger partial charge in [0.25, 0.3) is 5.22 Å². The molecule has 2 N–H and O–H groups in total. The lowest BCUT2D eigenvalue weighted by Crippen LogP contribution is -2.61. The maximum atomic E-state index is 12.3. The van der Waals surface area contributed by atoms with Gasteiger partial charge in [-0.05, 0) is 70.1 Å². The summed E-state index contributed by atoms with van der Waals surface area (Å²) in [4.78, 5) is 28.6. The summed E-state index contributed by atoms with van der Waals surface area (Å²) in [6.45, 7) is 3.70. The predicted octanol–water partition coefficient (Wildman–Crippen LogP) is 3.18.